The van der Waals surface area contributed by atoms with Crippen molar-refractivity contribution in [1.82, 2.24) is 15.2 Å². The zero-order chi connectivity index (χ0) is 27.0. The van der Waals surface area contributed by atoms with Crippen molar-refractivity contribution >= 4 is 40.0 Å². The monoisotopic (exact) mass is 536 g/mol. The molecule has 0 aliphatic rings. The number of para-hydroxylation sites is 1. The summed E-state index contributed by atoms with van der Waals surface area (Å²) in [6.45, 7) is 0.124. The van der Waals surface area contributed by atoms with E-state index in [0.717, 1.165) is 11.1 Å². The van der Waals surface area contributed by atoms with Crippen LogP contribution in [0.2, 0.25) is 0 Å². The van der Waals surface area contributed by atoms with E-state index in [0.29, 0.717) is 45.6 Å². The minimum Gasteiger partial charge on any atom is -0.462 e. The molecule has 3 aromatic carbocycles. The third kappa shape index (κ3) is 6.43. The first-order valence-electron chi connectivity index (χ1n) is 12.1. The fraction of sp³-hybridized carbons (Fsp3) is 0.0690. The van der Waals surface area contributed by atoms with Gasteiger partial charge in [-0.05, 0) is 29.8 Å². The Morgan fingerprint density at radius 3 is 2.36 bits per heavy atom. The van der Waals surface area contributed by atoms with Gasteiger partial charge in [-0.15, -0.1) is 21.5 Å². The molecule has 0 bridgehead atoms. The number of thiazole rings is 1. The van der Waals surface area contributed by atoms with Crippen molar-refractivity contribution in [2.45, 2.75) is 6.42 Å². The number of nitrogens with two attached hydrogens (primary N) is 1. The van der Waals surface area contributed by atoms with E-state index >= 15 is 0 Å². The van der Waals surface area contributed by atoms with Crippen molar-refractivity contribution in [2.75, 3.05) is 23.0 Å². The van der Waals surface area contributed by atoms with Gasteiger partial charge in [-0.2, -0.15) is 0 Å². The van der Waals surface area contributed by atoms with Gasteiger partial charge in [0.25, 0.3) is 0 Å². The number of urea groups is 1. The summed E-state index contributed by atoms with van der Waals surface area (Å²) in [6, 6.07) is 27.1. The molecule has 2 heterocycles. The van der Waals surface area contributed by atoms with E-state index in [-0.39, 0.29) is 6.61 Å². The van der Waals surface area contributed by atoms with Crippen LogP contribution < -0.4 is 16.4 Å². The molecule has 0 aliphatic heterocycles. The second-order valence-corrected chi connectivity index (χ2v) is 9.30. The number of nitrogens with zero attached hydrogens (tertiary/aromatic N) is 3. The molecule has 9 nitrogen and oxygen atoms in total. The Hall–Kier alpha value is -5.09. The van der Waals surface area contributed by atoms with Gasteiger partial charge in [-0.1, -0.05) is 66.7 Å². The molecule has 0 unspecified atom stereocenters. The van der Waals surface area contributed by atoms with Crippen LogP contribution in [0.5, 0.6) is 0 Å². The fourth-order valence-electron chi connectivity index (χ4n) is 3.92. The van der Waals surface area contributed by atoms with Gasteiger partial charge in [0.1, 0.15) is 0 Å². The van der Waals surface area contributed by atoms with E-state index in [2.05, 4.69) is 25.8 Å². The lowest BCUT2D eigenvalue weighted by Gasteiger charge is -2.12. The number of carbonyl (C=O) groups is 2. The highest BCUT2D eigenvalue weighted by Crippen LogP contribution is 2.27. The van der Waals surface area contributed by atoms with Gasteiger partial charge >= 0.3 is 12.0 Å². The van der Waals surface area contributed by atoms with E-state index in [9.17, 15) is 9.59 Å². The summed E-state index contributed by atoms with van der Waals surface area (Å²) in [5, 5.41) is 16.0. The van der Waals surface area contributed by atoms with Crippen LogP contribution in [0, 0.1) is 0 Å². The zero-order valence-corrected chi connectivity index (χ0v) is 21.5. The molecule has 0 saturated heterocycles. The lowest BCUT2D eigenvalue weighted by Crippen LogP contribution is -2.21. The topological polar surface area (TPSA) is 132 Å². The van der Waals surface area contributed by atoms with Gasteiger partial charge < -0.3 is 15.8 Å². The number of hydrogen-bond donors (Lipinski definition) is 3. The van der Waals surface area contributed by atoms with Crippen molar-refractivity contribution in [3.63, 3.8) is 0 Å². The molecule has 5 aromatic rings. The Labute approximate surface area is 228 Å². The van der Waals surface area contributed by atoms with Crippen LogP contribution in [0.3, 0.4) is 0 Å². The fourth-order valence-corrected chi connectivity index (χ4v) is 4.48. The minimum absolute atomic E-state index is 0.124. The van der Waals surface area contributed by atoms with Crippen LogP contribution in [-0.4, -0.2) is 33.8 Å². The predicted octanol–water partition coefficient (Wildman–Crippen LogP) is 5.89. The van der Waals surface area contributed by atoms with Gasteiger partial charge in [0.05, 0.1) is 23.6 Å². The van der Waals surface area contributed by atoms with E-state index in [4.69, 9.17) is 10.5 Å². The van der Waals surface area contributed by atoms with Gasteiger partial charge in [0.2, 0.25) is 0 Å². The number of ether oxygens (including phenoxy) is 1. The molecule has 10 heteroatoms. The van der Waals surface area contributed by atoms with Crippen LogP contribution in [0.4, 0.5) is 21.4 Å². The Kier molecular flexibility index (Phi) is 7.84. The molecular weight excluding hydrogens is 512 g/mol. The molecule has 0 radical (unpaired) electrons. The first-order valence-corrected chi connectivity index (χ1v) is 13.0. The van der Waals surface area contributed by atoms with Crippen molar-refractivity contribution in [1.29, 1.82) is 0 Å². The van der Waals surface area contributed by atoms with Gasteiger partial charge in [-0.25, -0.2) is 14.6 Å². The Bertz CT molecular complexity index is 1590. The molecule has 0 spiro atoms. The number of carbonyl (C=O) groups excluding carboxylic acids is 2. The molecule has 0 saturated carbocycles. The second kappa shape index (κ2) is 12.0. The molecule has 0 aliphatic carbocycles. The van der Waals surface area contributed by atoms with E-state index in [1.165, 1.54) is 11.3 Å². The number of anilines is 3. The van der Waals surface area contributed by atoms with E-state index in [1.54, 1.807) is 35.7 Å². The third-order valence-electron chi connectivity index (χ3n) is 5.79. The van der Waals surface area contributed by atoms with Crippen LogP contribution in [0.1, 0.15) is 15.9 Å². The molecule has 2 aromatic heterocycles. The maximum Gasteiger partial charge on any atom is 0.338 e. The molecular formula is C29H24N6O3S. The number of amides is 2. The van der Waals surface area contributed by atoms with E-state index in [1.807, 2.05) is 60.7 Å². The average Bonchev–Trinajstić information content (AvgIpc) is 3.41. The molecule has 0 atom stereocenters. The molecule has 0 fully saturated rings. The highest BCUT2D eigenvalue weighted by atomic mass is 32.1. The van der Waals surface area contributed by atoms with Crippen LogP contribution in [0.15, 0.2) is 96.4 Å². The number of hydrogen-bond acceptors (Lipinski definition) is 8. The summed E-state index contributed by atoms with van der Waals surface area (Å²) in [5.41, 5.74) is 10.5. The van der Waals surface area contributed by atoms with Gasteiger partial charge in [-0.3, -0.25) is 5.32 Å². The lowest BCUT2D eigenvalue weighted by atomic mass is 10.1. The Balaban J connectivity index is 1.18. The standard InChI is InChI=1S/C29H24N6O3S/c30-28-31-25(18-39-28)21-11-5-6-12-22(21)27(36)38-17-16-20-10-4-7-13-23(20)32-29(37)33-26-15-14-24(34-35-26)19-8-2-1-3-9-19/h1-15,18H,16-17H2,(H2,30,31)(H2,32,33,35,37). The summed E-state index contributed by atoms with van der Waals surface area (Å²) in [4.78, 5) is 29.8. The summed E-state index contributed by atoms with van der Waals surface area (Å²) >= 11 is 1.31. The molecule has 39 heavy (non-hydrogen) atoms. The van der Waals surface area contributed by atoms with Crippen LogP contribution in [0.25, 0.3) is 22.5 Å². The van der Waals surface area contributed by atoms with Gasteiger partial charge in [0.15, 0.2) is 10.9 Å². The maximum atomic E-state index is 12.8. The second-order valence-electron chi connectivity index (χ2n) is 8.41. The predicted molar refractivity (Wildman–Crippen MR) is 153 cm³/mol. The number of rotatable bonds is 8. The largest absolute Gasteiger partial charge is 0.462 e. The SMILES string of the molecule is Nc1nc(-c2ccccc2C(=O)OCCc2ccccc2NC(=O)Nc2ccc(-c3ccccc3)nn2)cs1. The first-order chi connectivity index (χ1) is 19.1. The lowest BCUT2D eigenvalue weighted by molar-refractivity contribution is 0.0510. The summed E-state index contributed by atoms with van der Waals surface area (Å²) < 4.78 is 5.56. The Morgan fingerprint density at radius 1 is 0.821 bits per heavy atom. The number of aromatic nitrogens is 3. The summed E-state index contributed by atoms with van der Waals surface area (Å²) in [5.74, 6) is -0.142. The number of esters is 1. The van der Waals surface area contributed by atoms with E-state index < -0.39 is 12.0 Å². The summed E-state index contributed by atoms with van der Waals surface area (Å²) in [6.07, 6.45) is 0.402. The number of nitrogen functional groups attached to an aromatic ring is 1. The van der Waals surface area contributed by atoms with Crippen molar-refractivity contribution < 1.29 is 14.3 Å². The van der Waals surface area contributed by atoms with Crippen LogP contribution >= 0.6 is 11.3 Å². The van der Waals surface area contributed by atoms with Crippen LogP contribution in [-0.2, 0) is 11.2 Å². The molecule has 2 amide bonds. The van der Waals surface area contributed by atoms with Crippen molar-refractivity contribution in [3.8, 4) is 22.5 Å². The van der Waals surface area contributed by atoms with Gasteiger partial charge in [0, 0.05) is 28.6 Å². The van der Waals surface area contributed by atoms with Crippen molar-refractivity contribution in [3.05, 3.63) is 108 Å². The molecule has 194 valence electrons. The number of benzene rings is 3. The minimum atomic E-state index is -0.460. The highest BCUT2D eigenvalue weighted by Gasteiger charge is 2.16. The summed E-state index contributed by atoms with van der Waals surface area (Å²) in [7, 11) is 0. The number of nitrogens with one attached hydrogen (secondary N) is 2. The maximum absolute atomic E-state index is 12.8. The average molecular weight is 537 g/mol. The normalized spacial score (nSPS) is 10.6. The smallest absolute Gasteiger partial charge is 0.338 e. The molecule has 4 N–H and O–H groups in total. The Morgan fingerprint density at radius 2 is 1.59 bits per heavy atom. The highest BCUT2D eigenvalue weighted by molar-refractivity contribution is 7.13. The first kappa shape index (κ1) is 25.6. The molecule has 5 rings (SSSR count). The quantitative estimate of drug-likeness (QED) is 0.211. The third-order valence-corrected chi connectivity index (χ3v) is 6.46. The zero-order valence-electron chi connectivity index (χ0n) is 20.7. The van der Waals surface area contributed by atoms with Crippen molar-refractivity contribution in [2.24, 2.45) is 0 Å².